The number of nitrogens with zero attached hydrogens (tertiary/aromatic N) is 6. The van der Waals surface area contributed by atoms with Gasteiger partial charge in [0.1, 0.15) is 12.7 Å². The third-order valence-electron chi connectivity index (χ3n) is 3.70. The molecule has 2 aromatic heterocycles. The van der Waals surface area contributed by atoms with Crippen LogP contribution in [-0.2, 0) is 13.6 Å². The van der Waals surface area contributed by atoms with Gasteiger partial charge in [0.25, 0.3) is 5.91 Å². The molecule has 0 aliphatic heterocycles. The van der Waals surface area contributed by atoms with Crippen LogP contribution in [0.5, 0.6) is 0 Å². The summed E-state index contributed by atoms with van der Waals surface area (Å²) in [5.74, 6) is -0.0578. The molecule has 1 aromatic carbocycles. The first-order valence-corrected chi connectivity index (χ1v) is 7.25. The van der Waals surface area contributed by atoms with Crippen LogP contribution in [-0.4, -0.2) is 42.4 Å². The SMILES string of the molecule is Cc1nn(C)cc1CN(C)C(=O)c1ccccc1-n1cnnc1. The van der Waals surface area contributed by atoms with Crippen molar-refractivity contribution in [3.63, 3.8) is 0 Å². The van der Waals surface area contributed by atoms with Crippen LogP contribution >= 0.6 is 0 Å². The van der Waals surface area contributed by atoms with Crippen molar-refractivity contribution < 1.29 is 4.79 Å². The van der Waals surface area contributed by atoms with Crippen molar-refractivity contribution in [3.8, 4) is 5.69 Å². The molecule has 1 amide bonds. The highest BCUT2D eigenvalue weighted by Crippen LogP contribution is 2.17. The van der Waals surface area contributed by atoms with Gasteiger partial charge in [-0.25, -0.2) is 0 Å². The molecule has 0 aliphatic rings. The van der Waals surface area contributed by atoms with Crippen molar-refractivity contribution in [1.29, 1.82) is 0 Å². The van der Waals surface area contributed by atoms with Crippen LogP contribution < -0.4 is 0 Å². The molecule has 0 unspecified atom stereocenters. The van der Waals surface area contributed by atoms with E-state index in [1.807, 2.05) is 44.4 Å². The maximum absolute atomic E-state index is 12.8. The number of hydrogen-bond donors (Lipinski definition) is 0. The van der Waals surface area contributed by atoms with Crippen molar-refractivity contribution in [2.24, 2.45) is 7.05 Å². The number of hydrogen-bond acceptors (Lipinski definition) is 4. The van der Waals surface area contributed by atoms with Gasteiger partial charge in [-0.05, 0) is 19.1 Å². The Morgan fingerprint density at radius 1 is 1.22 bits per heavy atom. The van der Waals surface area contributed by atoms with Crippen molar-refractivity contribution >= 4 is 5.91 Å². The summed E-state index contributed by atoms with van der Waals surface area (Å²) in [5.41, 5.74) is 3.33. The molecule has 0 atom stereocenters. The van der Waals surface area contributed by atoms with Crippen LogP contribution in [0.1, 0.15) is 21.6 Å². The molecule has 0 aliphatic carbocycles. The normalized spacial score (nSPS) is 10.7. The van der Waals surface area contributed by atoms with Crippen LogP contribution in [0.3, 0.4) is 0 Å². The standard InChI is InChI=1S/C16H18N6O/c1-12-13(9-21(3)19-12)8-20(2)16(23)14-6-4-5-7-15(14)22-10-17-18-11-22/h4-7,9-11H,8H2,1-3H3. The molecule has 118 valence electrons. The molecule has 0 bridgehead atoms. The number of carbonyl (C=O) groups is 1. The first kappa shape index (κ1) is 15.0. The van der Waals surface area contributed by atoms with Crippen LogP contribution in [0.25, 0.3) is 5.69 Å². The topological polar surface area (TPSA) is 68.8 Å². The molecule has 0 radical (unpaired) electrons. The fraction of sp³-hybridized carbons (Fsp3) is 0.250. The van der Waals surface area contributed by atoms with Crippen LogP contribution in [0, 0.1) is 6.92 Å². The van der Waals surface area contributed by atoms with E-state index >= 15 is 0 Å². The summed E-state index contributed by atoms with van der Waals surface area (Å²) < 4.78 is 3.49. The van der Waals surface area contributed by atoms with Crippen molar-refractivity contribution in [3.05, 3.63) is 59.9 Å². The highest BCUT2D eigenvalue weighted by Gasteiger charge is 2.18. The molecule has 3 aromatic rings. The van der Waals surface area contributed by atoms with Gasteiger partial charge >= 0.3 is 0 Å². The maximum Gasteiger partial charge on any atom is 0.256 e. The lowest BCUT2D eigenvalue weighted by atomic mass is 10.1. The Morgan fingerprint density at radius 2 is 1.91 bits per heavy atom. The second-order valence-corrected chi connectivity index (χ2v) is 5.46. The summed E-state index contributed by atoms with van der Waals surface area (Å²) in [5, 5.41) is 11.9. The van der Waals surface area contributed by atoms with Crippen molar-refractivity contribution in [2.45, 2.75) is 13.5 Å². The Kier molecular flexibility index (Phi) is 3.92. The highest BCUT2D eigenvalue weighted by atomic mass is 16.2. The molecule has 0 saturated heterocycles. The summed E-state index contributed by atoms with van der Waals surface area (Å²) in [6.07, 6.45) is 5.10. The van der Waals surface area contributed by atoms with Crippen molar-refractivity contribution in [2.75, 3.05) is 7.05 Å². The lowest BCUT2D eigenvalue weighted by molar-refractivity contribution is 0.0785. The first-order chi connectivity index (χ1) is 11.1. The molecular formula is C16H18N6O. The molecule has 7 nitrogen and oxygen atoms in total. The predicted molar refractivity (Wildman–Crippen MR) is 85.1 cm³/mol. The number of rotatable bonds is 4. The fourth-order valence-corrected chi connectivity index (χ4v) is 2.54. The van der Waals surface area contributed by atoms with Gasteiger partial charge in [0.15, 0.2) is 0 Å². The zero-order valence-electron chi connectivity index (χ0n) is 13.3. The molecule has 0 N–H and O–H groups in total. The zero-order valence-corrected chi connectivity index (χ0v) is 13.3. The van der Waals surface area contributed by atoms with E-state index in [2.05, 4.69) is 15.3 Å². The summed E-state index contributed by atoms with van der Waals surface area (Å²) >= 11 is 0. The van der Waals surface area contributed by atoms with Gasteiger partial charge in [-0.2, -0.15) is 5.10 Å². The lowest BCUT2D eigenvalue weighted by Gasteiger charge is -2.18. The lowest BCUT2D eigenvalue weighted by Crippen LogP contribution is -2.27. The maximum atomic E-state index is 12.8. The fourth-order valence-electron chi connectivity index (χ4n) is 2.54. The van der Waals surface area contributed by atoms with E-state index in [9.17, 15) is 4.79 Å². The van der Waals surface area contributed by atoms with Crippen LogP contribution in [0.2, 0.25) is 0 Å². The number of aryl methyl sites for hydroxylation is 2. The van der Waals surface area contributed by atoms with E-state index in [1.54, 1.807) is 33.9 Å². The largest absolute Gasteiger partial charge is 0.337 e. The Bertz CT molecular complexity index is 821. The average molecular weight is 310 g/mol. The average Bonchev–Trinajstić information content (AvgIpc) is 3.17. The molecule has 23 heavy (non-hydrogen) atoms. The number of aromatic nitrogens is 5. The monoisotopic (exact) mass is 310 g/mol. The Labute approximate surface area is 134 Å². The molecule has 2 heterocycles. The number of amides is 1. The summed E-state index contributed by atoms with van der Waals surface area (Å²) in [6.45, 7) is 2.45. The van der Waals surface area contributed by atoms with Gasteiger partial charge in [-0.15, -0.1) is 10.2 Å². The third kappa shape index (κ3) is 2.98. The summed E-state index contributed by atoms with van der Waals surface area (Å²) in [7, 11) is 3.66. The first-order valence-electron chi connectivity index (χ1n) is 7.25. The Hall–Kier alpha value is -2.96. The van der Waals surface area contributed by atoms with Crippen molar-refractivity contribution in [1.82, 2.24) is 29.4 Å². The minimum atomic E-state index is -0.0578. The van der Waals surface area contributed by atoms with Crippen LogP contribution in [0.15, 0.2) is 43.1 Å². The Morgan fingerprint density at radius 3 is 2.57 bits per heavy atom. The van der Waals surface area contributed by atoms with E-state index < -0.39 is 0 Å². The van der Waals surface area contributed by atoms with Gasteiger partial charge in [-0.1, -0.05) is 12.1 Å². The van der Waals surface area contributed by atoms with Gasteiger partial charge in [0, 0.05) is 32.4 Å². The van der Waals surface area contributed by atoms with E-state index in [1.165, 1.54) is 0 Å². The third-order valence-corrected chi connectivity index (χ3v) is 3.70. The van der Waals surface area contributed by atoms with E-state index in [-0.39, 0.29) is 5.91 Å². The van der Waals surface area contributed by atoms with E-state index in [4.69, 9.17) is 0 Å². The van der Waals surface area contributed by atoms with Crippen LogP contribution in [0.4, 0.5) is 0 Å². The van der Waals surface area contributed by atoms with Gasteiger partial charge in [-0.3, -0.25) is 14.0 Å². The summed E-state index contributed by atoms with van der Waals surface area (Å²) in [4.78, 5) is 14.5. The van der Waals surface area contributed by atoms with Gasteiger partial charge < -0.3 is 4.90 Å². The molecule has 0 saturated carbocycles. The second-order valence-electron chi connectivity index (χ2n) is 5.46. The van der Waals surface area contributed by atoms with E-state index in [0.29, 0.717) is 12.1 Å². The molecule has 0 fully saturated rings. The second kappa shape index (κ2) is 6.04. The van der Waals surface area contributed by atoms with E-state index in [0.717, 1.165) is 16.9 Å². The smallest absolute Gasteiger partial charge is 0.256 e. The highest BCUT2D eigenvalue weighted by molar-refractivity contribution is 5.97. The molecule has 3 rings (SSSR count). The van der Waals surface area contributed by atoms with Gasteiger partial charge in [0.2, 0.25) is 0 Å². The molecule has 0 spiro atoms. The molecular weight excluding hydrogens is 292 g/mol. The number of carbonyl (C=O) groups excluding carboxylic acids is 1. The minimum absolute atomic E-state index is 0.0578. The quantitative estimate of drug-likeness (QED) is 0.733. The minimum Gasteiger partial charge on any atom is -0.337 e. The predicted octanol–water partition coefficient (Wildman–Crippen LogP) is 1.58. The van der Waals surface area contributed by atoms with Gasteiger partial charge in [0.05, 0.1) is 16.9 Å². The zero-order chi connectivity index (χ0) is 16.4. The Balaban J connectivity index is 1.87. The number of benzene rings is 1. The summed E-state index contributed by atoms with van der Waals surface area (Å²) in [6, 6.07) is 7.42. The molecule has 7 heteroatoms. The number of para-hydroxylation sites is 1.